The van der Waals surface area contributed by atoms with E-state index in [4.69, 9.17) is 9.47 Å². The third-order valence-corrected chi connectivity index (χ3v) is 9.74. The molecule has 0 fully saturated rings. The molecule has 3 aromatic heterocycles. The summed E-state index contributed by atoms with van der Waals surface area (Å²) in [6.45, 7) is 21.8. The first-order chi connectivity index (χ1) is 26.4. The highest BCUT2D eigenvalue weighted by Crippen LogP contribution is 2.37. The van der Waals surface area contributed by atoms with E-state index in [0.29, 0.717) is 30.2 Å². The maximum Gasteiger partial charge on any atom is 0.158 e. The van der Waals surface area contributed by atoms with Crippen molar-refractivity contribution in [3.05, 3.63) is 84.6 Å². The number of nitrogens with zero attached hydrogens (tertiary/aromatic N) is 6. The molecule has 298 valence electrons. The first-order valence-corrected chi connectivity index (χ1v) is 20.1. The van der Waals surface area contributed by atoms with E-state index in [1.165, 1.54) is 18.3 Å². The van der Waals surface area contributed by atoms with Crippen molar-refractivity contribution in [1.82, 2.24) is 29.5 Å². The third kappa shape index (κ3) is 13.2. The van der Waals surface area contributed by atoms with Crippen LogP contribution in [0.25, 0.3) is 16.6 Å². The molecule has 5 rings (SSSR count). The highest BCUT2D eigenvalue weighted by molar-refractivity contribution is 5.97. The van der Waals surface area contributed by atoms with Crippen LogP contribution in [-0.4, -0.2) is 62.0 Å². The monoisotopic (exact) mass is 752 g/mol. The second-order valence-electron chi connectivity index (χ2n) is 14.5. The fraction of sp³-hybridized carbons (Fsp3) is 0.489. The summed E-state index contributed by atoms with van der Waals surface area (Å²) < 4.78 is 14.4. The average molecular weight is 752 g/mol. The molecule has 4 unspecified atom stereocenters. The molecular formula is C45H65N7O3. The van der Waals surface area contributed by atoms with E-state index in [-0.39, 0.29) is 11.7 Å². The first kappa shape index (κ1) is 44.6. The van der Waals surface area contributed by atoms with Gasteiger partial charge in [-0.05, 0) is 107 Å². The van der Waals surface area contributed by atoms with Crippen LogP contribution in [0.5, 0.6) is 17.2 Å². The molecule has 1 N–H and O–H groups in total. The molecule has 0 radical (unpaired) electrons. The van der Waals surface area contributed by atoms with Crippen molar-refractivity contribution >= 4 is 33.8 Å². The highest BCUT2D eigenvalue weighted by Gasteiger charge is 2.17. The van der Waals surface area contributed by atoms with Crippen molar-refractivity contribution in [2.24, 2.45) is 17.8 Å². The number of benzene rings is 2. The van der Waals surface area contributed by atoms with Crippen LogP contribution >= 0.6 is 0 Å². The Labute approximate surface area is 329 Å². The van der Waals surface area contributed by atoms with Gasteiger partial charge in [-0.15, -0.1) is 0 Å². The molecule has 0 amide bonds. The van der Waals surface area contributed by atoms with Gasteiger partial charge in [-0.1, -0.05) is 80.4 Å². The zero-order chi connectivity index (χ0) is 40.5. The quantitative estimate of drug-likeness (QED) is 0.0929. The smallest absolute Gasteiger partial charge is 0.158 e. The summed E-state index contributed by atoms with van der Waals surface area (Å²) in [6, 6.07) is 14.3. The Morgan fingerprint density at radius 2 is 1.69 bits per heavy atom. The van der Waals surface area contributed by atoms with Gasteiger partial charge in [-0.3, -0.25) is 4.79 Å². The predicted molar refractivity (Wildman–Crippen MR) is 228 cm³/mol. The normalized spacial score (nSPS) is 13.4. The lowest BCUT2D eigenvalue weighted by Crippen LogP contribution is -2.22. The number of allylic oxidation sites excluding steroid dienone is 1. The molecular weight excluding hydrogens is 687 g/mol. The molecule has 5 aromatic rings. The lowest BCUT2D eigenvalue weighted by atomic mass is 9.96. The minimum Gasteiger partial charge on any atom is -0.492 e. The Hall–Kier alpha value is -4.83. The molecule has 0 aliphatic carbocycles. The number of anilines is 2. The van der Waals surface area contributed by atoms with Crippen molar-refractivity contribution in [2.45, 2.75) is 107 Å². The van der Waals surface area contributed by atoms with Crippen molar-refractivity contribution in [3.63, 3.8) is 0 Å². The number of rotatable bonds is 17. The molecule has 0 aliphatic heterocycles. The summed E-state index contributed by atoms with van der Waals surface area (Å²) in [7, 11) is 4.01. The van der Waals surface area contributed by atoms with E-state index in [2.05, 4.69) is 83.1 Å². The zero-order valence-corrected chi connectivity index (χ0v) is 35.4. The summed E-state index contributed by atoms with van der Waals surface area (Å²) >= 11 is 0. The molecule has 10 heteroatoms. The van der Waals surface area contributed by atoms with Gasteiger partial charge < -0.3 is 19.7 Å². The highest BCUT2D eigenvalue weighted by atomic mass is 16.5. The second kappa shape index (κ2) is 22.5. The van der Waals surface area contributed by atoms with Gasteiger partial charge >= 0.3 is 0 Å². The van der Waals surface area contributed by atoms with E-state index in [1.807, 2.05) is 85.3 Å². The number of fused-ring (bicyclic) bond motifs is 2. The van der Waals surface area contributed by atoms with E-state index in [0.717, 1.165) is 70.8 Å². The Morgan fingerprint density at radius 3 is 2.36 bits per heavy atom. The van der Waals surface area contributed by atoms with Crippen molar-refractivity contribution in [2.75, 3.05) is 26.0 Å². The minimum atomic E-state index is 0.158. The number of pyridine rings is 1. The van der Waals surface area contributed by atoms with Crippen molar-refractivity contribution in [1.29, 1.82) is 0 Å². The van der Waals surface area contributed by atoms with Gasteiger partial charge in [-0.25, -0.2) is 19.5 Å². The minimum absolute atomic E-state index is 0.158. The van der Waals surface area contributed by atoms with Gasteiger partial charge in [-0.2, -0.15) is 5.10 Å². The number of ether oxygens (including phenoxy) is 2. The number of aromatic nitrogens is 5. The maximum absolute atomic E-state index is 11.4. The number of aryl methyl sites for hydroxylation is 2. The van der Waals surface area contributed by atoms with E-state index < -0.39 is 0 Å². The van der Waals surface area contributed by atoms with E-state index in [1.54, 1.807) is 16.9 Å². The lowest BCUT2D eigenvalue weighted by Gasteiger charge is -2.20. The Balaban J connectivity index is 0.000000461. The molecule has 4 atom stereocenters. The number of carbonyl (C=O) groups excluding carboxylic acids is 1. The summed E-state index contributed by atoms with van der Waals surface area (Å²) in [4.78, 5) is 26.9. The fourth-order valence-corrected chi connectivity index (χ4v) is 5.78. The van der Waals surface area contributed by atoms with Crippen molar-refractivity contribution in [3.8, 4) is 17.2 Å². The number of likely N-dealkylation sites (N-methyl/N-ethyl adjacent to an activating group) is 1. The van der Waals surface area contributed by atoms with E-state index >= 15 is 0 Å². The Bertz CT molecular complexity index is 1950. The summed E-state index contributed by atoms with van der Waals surface area (Å²) in [5, 5.41) is 8.59. The number of carbonyl (C=O) groups is 1. The van der Waals surface area contributed by atoms with Crippen LogP contribution < -0.4 is 14.8 Å². The lowest BCUT2D eigenvalue weighted by molar-refractivity contribution is -0.117. The second-order valence-corrected chi connectivity index (χ2v) is 14.5. The van der Waals surface area contributed by atoms with Crippen LogP contribution in [0, 0.1) is 24.7 Å². The van der Waals surface area contributed by atoms with Gasteiger partial charge in [0.25, 0.3) is 0 Å². The van der Waals surface area contributed by atoms with Gasteiger partial charge in [0.2, 0.25) is 0 Å². The van der Waals surface area contributed by atoms with Crippen LogP contribution in [0.3, 0.4) is 0 Å². The third-order valence-electron chi connectivity index (χ3n) is 9.74. The van der Waals surface area contributed by atoms with Crippen LogP contribution in [0.1, 0.15) is 99.1 Å². The molecule has 3 heterocycles. The Morgan fingerprint density at radius 1 is 0.927 bits per heavy atom. The first-order valence-electron chi connectivity index (χ1n) is 20.1. The molecule has 10 nitrogen and oxygen atoms in total. The van der Waals surface area contributed by atoms with Crippen LogP contribution in [0.4, 0.5) is 11.5 Å². The molecule has 2 aromatic carbocycles. The van der Waals surface area contributed by atoms with Crippen molar-refractivity contribution < 1.29 is 14.3 Å². The van der Waals surface area contributed by atoms with Crippen LogP contribution in [0.2, 0.25) is 0 Å². The van der Waals surface area contributed by atoms with Gasteiger partial charge in [0, 0.05) is 29.9 Å². The Kier molecular flexibility index (Phi) is 18.3. The average Bonchev–Trinajstić information content (AvgIpc) is 3.66. The molecule has 0 bridgehead atoms. The summed E-state index contributed by atoms with van der Waals surface area (Å²) in [5.74, 6) is 4.63. The zero-order valence-electron chi connectivity index (χ0n) is 35.4. The molecule has 0 saturated carbocycles. The number of nitrogens with one attached hydrogen (secondary N) is 1. The van der Waals surface area contributed by atoms with Gasteiger partial charge in [0.15, 0.2) is 11.4 Å². The maximum atomic E-state index is 11.4. The largest absolute Gasteiger partial charge is 0.492 e. The number of hydrogen-bond donors (Lipinski definition) is 1. The van der Waals surface area contributed by atoms with Gasteiger partial charge in [0.05, 0.1) is 17.5 Å². The number of hydrogen-bond acceptors (Lipinski definition) is 9. The van der Waals surface area contributed by atoms with Crippen LogP contribution in [0.15, 0.2) is 73.5 Å². The summed E-state index contributed by atoms with van der Waals surface area (Å²) in [6.07, 6.45) is 13.8. The topological polar surface area (TPSA) is 107 Å². The fourth-order valence-electron chi connectivity index (χ4n) is 5.78. The van der Waals surface area contributed by atoms with E-state index in [9.17, 15) is 4.79 Å². The number of ketones is 1. The SMILES string of the molecule is CC.CCC(C)C(=O)/C=C/C(C)N(C)C.CCCc1ccc2ncnc(Nc3ccc(Oc4ccn5ncnc5c4)c(C)c3)c2c1OCC(C)CC(C)CC. The molecule has 0 spiro atoms. The van der Waals surface area contributed by atoms with Crippen LogP contribution in [-0.2, 0) is 11.2 Å². The molecule has 0 aliphatic rings. The molecule has 0 saturated heterocycles. The standard InChI is InChI=1S/C32H38N6O2.C11H21NO.C2H6/c1-6-8-24-9-11-27-30(31(24)39-18-22(4)15-21(3)7-2)32(35-19-33-27)37-25-10-12-28(23(5)16-25)40-26-13-14-38-29(17-26)34-20-36-38;1-6-9(2)11(13)8-7-10(3)12(4)5;1-2/h9-14,16-17,19-22H,6-8,15,18H2,1-5H3,(H,33,35,37);7-10H,6H2,1-5H3;1-2H3/b;8-7+;. The van der Waals surface area contributed by atoms with Gasteiger partial charge in [0.1, 0.15) is 35.7 Å². The predicted octanol–water partition coefficient (Wildman–Crippen LogP) is 11.1. The molecule has 55 heavy (non-hydrogen) atoms. The summed E-state index contributed by atoms with van der Waals surface area (Å²) in [5.41, 5.74) is 4.69.